The first-order valence-electron chi connectivity index (χ1n) is 3.22. The molecule has 0 atom stereocenters. The third-order valence-electron chi connectivity index (χ3n) is 1.23. The van der Waals surface area contributed by atoms with Crippen molar-refractivity contribution in [1.29, 1.82) is 0 Å². The van der Waals surface area contributed by atoms with Crippen molar-refractivity contribution in [3.8, 4) is 0 Å². The zero-order valence-corrected chi connectivity index (χ0v) is 7.11. The fourth-order valence-electron chi connectivity index (χ4n) is 0.831. The summed E-state index contributed by atoms with van der Waals surface area (Å²) in [5, 5.41) is 0. The number of nitrogens with two attached hydrogens (primary N) is 1. The molecular weight excluding hydrogens is 179 g/mol. The van der Waals surface area contributed by atoms with Gasteiger partial charge in [-0.05, 0) is 17.7 Å². The second-order valence-electron chi connectivity index (χ2n) is 2.41. The summed E-state index contributed by atoms with van der Waals surface area (Å²) in [4.78, 5) is 20.9. The van der Waals surface area contributed by atoms with Gasteiger partial charge in [0.2, 0.25) is 0 Å². The van der Waals surface area contributed by atoms with Crippen LogP contribution in [-0.4, -0.2) is 14.8 Å². The molecule has 0 aliphatic carbocycles. The van der Waals surface area contributed by atoms with Gasteiger partial charge in [-0.3, -0.25) is 4.57 Å². The Kier molecular flexibility index (Phi) is 2.47. The smallest absolute Gasteiger partial charge is 0.329 e. The molecule has 0 bridgehead atoms. The minimum Gasteiger partial charge on any atom is -0.384 e. The summed E-state index contributed by atoms with van der Waals surface area (Å²) >= 11 is 0. The molecule has 5 nitrogen and oxygen atoms in total. The minimum atomic E-state index is -3.99. The zero-order chi connectivity index (χ0) is 9.19. The Balaban J connectivity index is 2.84. The Morgan fingerprint density at radius 2 is 2.25 bits per heavy atom. The summed E-state index contributed by atoms with van der Waals surface area (Å²) in [6.45, 7) is 0. The zero-order valence-electron chi connectivity index (χ0n) is 6.21. The number of anilines is 1. The van der Waals surface area contributed by atoms with Crippen molar-refractivity contribution >= 4 is 13.4 Å². The number of nitrogens with zero attached hydrogens (tertiary/aromatic N) is 1. The molecule has 0 saturated carbocycles. The standard InChI is InChI=1S/C6H9N2O3P/c7-6-3-5(1-2-8-6)4-12(9,10)11/h1-3H,4H2,(H2,7,8)(H2,9,10,11). The highest BCUT2D eigenvalue weighted by Crippen LogP contribution is 2.38. The molecular formula is C6H9N2O3P. The van der Waals surface area contributed by atoms with Crippen LogP contribution in [0.25, 0.3) is 0 Å². The van der Waals surface area contributed by atoms with Crippen LogP contribution >= 0.6 is 7.60 Å². The Labute approximate surface area is 69.4 Å². The highest BCUT2D eigenvalue weighted by atomic mass is 31.2. The van der Waals surface area contributed by atoms with Gasteiger partial charge in [0.05, 0.1) is 6.16 Å². The molecule has 1 heterocycles. The summed E-state index contributed by atoms with van der Waals surface area (Å²) in [7, 11) is -3.99. The van der Waals surface area contributed by atoms with Gasteiger partial charge < -0.3 is 15.5 Å². The second-order valence-corrected chi connectivity index (χ2v) is 4.06. The van der Waals surface area contributed by atoms with E-state index in [1.165, 1.54) is 18.3 Å². The van der Waals surface area contributed by atoms with Crippen molar-refractivity contribution in [1.82, 2.24) is 4.98 Å². The average molecular weight is 188 g/mol. The largest absolute Gasteiger partial charge is 0.384 e. The Hall–Kier alpha value is -0.900. The van der Waals surface area contributed by atoms with Gasteiger partial charge in [0.25, 0.3) is 0 Å². The molecule has 0 saturated heterocycles. The van der Waals surface area contributed by atoms with E-state index in [0.717, 1.165) is 0 Å². The van der Waals surface area contributed by atoms with Gasteiger partial charge in [0.1, 0.15) is 5.82 Å². The van der Waals surface area contributed by atoms with Crippen molar-refractivity contribution in [3.05, 3.63) is 23.9 Å². The summed E-state index contributed by atoms with van der Waals surface area (Å²) in [6, 6.07) is 2.97. The molecule has 12 heavy (non-hydrogen) atoms. The van der Waals surface area contributed by atoms with Crippen LogP contribution in [0.15, 0.2) is 18.3 Å². The highest BCUT2D eigenvalue weighted by molar-refractivity contribution is 7.50. The molecule has 0 aliphatic heterocycles. The van der Waals surface area contributed by atoms with Crippen LogP contribution in [0.3, 0.4) is 0 Å². The number of pyridine rings is 1. The number of hydrogen-bond acceptors (Lipinski definition) is 3. The number of nitrogen functional groups attached to an aromatic ring is 1. The number of rotatable bonds is 2. The van der Waals surface area contributed by atoms with E-state index in [4.69, 9.17) is 15.5 Å². The molecule has 0 radical (unpaired) electrons. The normalized spacial score (nSPS) is 11.5. The van der Waals surface area contributed by atoms with Gasteiger partial charge in [-0.25, -0.2) is 4.98 Å². The molecule has 0 aromatic carbocycles. The molecule has 4 N–H and O–H groups in total. The fourth-order valence-corrected chi connectivity index (χ4v) is 1.50. The quantitative estimate of drug-likeness (QED) is 0.581. The van der Waals surface area contributed by atoms with Crippen molar-refractivity contribution in [3.63, 3.8) is 0 Å². The van der Waals surface area contributed by atoms with Crippen LogP contribution < -0.4 is 5.73 Å². The Bertz CT molecular complexity index is 322. The van der Waals surface area contributed by atoms with Gasteiger partial charge in [-0.1, -0.05) is 0 Å². The highest BCUT2D eigenvalue weighted by Gasteiger charge is 2.13. The van der Waals surface area contributed by atoms with E-state index in [-0.39, 0.29) is 12.0 Å². The number of hydrogen-bond donors (Lipinski definition) is 3. The number of aromatic nitrogens is 1. The molecule has 1 rings (SSSR count). The van der Waals surface area contributed by atoms with E-state index in [9.17, 15) is 4.57 Å². The summed E-state index contributed by atoms with van der Waals surface area (Å²) in [6.07, 6.45) is 1.13. The molecule has 66 valence electrons. The third-order valence-corrected chi connectivity index (χ3v) is 2.01. The van der Waals surface area contributed by atoms with Gasteiger partial charge >= 0.3 is 7.60 Å². The first-order valence-corrected chi connectivity index (χ1v) is 5.02. The van der Waals surface area contributed by atoms with Crippen molar-refractivity contribution in [2.24, 2.45) is 0 Å². The first kappa shape index (κ1) is 9.19. The fraction of sp³-hybridized carbons (Fsp3) is 0.167. The van der Waals surface area contributed by atoms with Crippen LogP contribution in [0.2, 0.25) is 0 Å². The van der Waals surface area contributed by atoms with E-state index in [0.29, 0.717) is 5.56 Å². The first-order chi connectivity index (χ1) is 5.47. The van der Waals surface area contributed by atoms with Crippen molar-refractivity contribution < 1.29 is 14.4 Å². The van der Waals surface area contributed by atoms with Crippen LogP contribution in [0.5, 0.6) is 0 Å². The SMILES string of the molecule is Nc1cc(CP(=O)(O)O)ccn1. The average Bonchev–Trinajstić information content (AvgIpc) is 1.82. The lowest BCUT2D eigenvalue weighted by atomic mass is 10.3. The predicted molar refractivity (Wildman–Crippen MR) is 44.4 cm³/mol. The lowest BCUT2D eigenvalue weighted by Crippen LogP contribution is -1.92. The summed E-state index contributed by atoms with van der Waals surface area (Å²) < 4.78 is 10.5. The monoisotopic (exact) mass is 188 g/mol. The van der Waals surface area contributed by atoms with Crippen LogP contribution in [-0.2, 0) is 10.7 Å². The second kappa shape index (κ2) is 3.23. The van der Waals surface area contributed by atoms with Gasteiger partial charge in [-0.2, -0.15) is 0 Å². The minimum absolute atomic E-state index is 0.265. The van der Waals surface area contributed by atoms with Crippen LogP contribution in [0.1, 0.15) is 5.56 Å². The predicted octanol–water partition coefficient (Wildman–Crippen LogP) is 0.342. The Morgan fingerprint density at radius 1 is 1.58 bits per heavy atom. The van der Waals surface area contributed by atoms with E-state index in [2.05, 4.69) is 4.98 Å². The van der Waals surface area contributed by atoms with Crippen molar-refractivity contribution in [2.45, 2.75) is 6.16 Å². The third kappa shape index (κ3) is 3.00. The molecule has 0 spiro atoms. The maximum atomic E-state index is 10.5. The molecule has 0 aliphatic rings. The maximum absolute atomic E-state index is 10.5. The van der Waals surface area contributed by atoms with E-state index in [1.54, 1.807) is 0 Å². The Morgan fingerprint density at radius 3 is 2.75 bits per heavy atom. The summed E-state index contributed by atoms with van der Waals surface area (Å²) in [5.74, 6) is 0.265. The molecule has 0 unspecified atom stereocenters. The lowest BCUT2D eigenvalue weighted by Gasteiger charge is -2.03. The van der Waals surface area contributed by atoms with Crippen LogP contribution in [0, 0.1) is 0 Å². The maximum Gasteiger partial charge on any atom is 0.329 e. The molecule has 0 amide bonds. The molecule has 6 heteroatoms. The molecule has 1 aromatic heterocycles. The molecule has 0 fully saturated rings. The van der Waals surface area contributed by atoms with Crippen LogP contribution in [0.4, 0.5) is 5.82 Å². The lowest BCUT2D eigenvalue weighted by molar-refractivity contribution is 0.372. The van der Waals surface area contributed by atoms with Gasteiger partial charge in [0.15, 0.2) is 0 Å². The van der Waals surface area contributed by atoms with E-state index < -0.39 is 7.60 Å². The molecule has 1 aromatic rings. The van der Waals surface area contributed by atoms with E-state index in [1.807, 2.05) is 0 Å². The van der Waals surface area contributed by atoms with Gasteiger partial charge in [0, 0.05) is 6.20 Å². The van der Waals surface area contributed by atoms with Crippen molar-refractivity contribution in [2.75, 3.05) is 5.73 Å². The summed E-state index contributed by atoms with van der Waals surface area (Å²) in [5.41, 5.74) is 5.81. The van der Waals surface area contributed by atoms with E-state index >= 15 is 0 Å². The van der Waals surface area contributed by atoms with Gasteiger partial charge in [-0.15, -0.1) is 0 Å². The topological polar surface area (TPSA) is 96.4 Å².